The zero-order valence-corrected chi connectivity index (χ0v) is 12.8. The molecule has 0 aliphatic carbocycles. The Balaban J connectivity index is 1.93. The minimum absolute atomic E-state index is 0.204. The van der Waals surface area contributed by atoms with E-state index in [1.54, 1.807) is 6.20 Å². The number of anilines is 1. The lowest BCUT2D eigenvalue weighted by Gasteiger charge is -2.29. The van der Waals surface area contributed by atoms with Crippen molar-refractivity contribution in [3.63, 3.8) is 0 Å². The van der Waals surface area contributed by atoms with Crippen molar-refractivity contribution in [2.24, 2.45) is 0 Å². The average molecular weight is 307 g/mol. The van der Waals surface area contributed by atoms with Crippen molar-refractivity contribution in [2.75, 3.05) is 18.0 Å². The van der Waals surface area contributed by atoms with Crippen molar-refractivity contribution in [3.05, 3.63) is 35.2 Å². The molecule has 3 heterocycles. The van der Waals surface area contributed by atoms with E-state index in [2.05, 4.69) is 27.9 Å². The van der Waals surface area contributed by atoms with E-state index in [1.165, 1.54) is 0 Å². The monoisotopic (exact) mass is 306 g/mol. The zero-order chi connectivity index (χ0) is 14.8. The maximum absolute atomic E-state index is 9.60. The summed E-state index contributed by atoms with van der Waals surface area (Å²) in [6, 6.07) is 4.06. The Kier molecular flexibility index (Phi) is 4.12. The number of hydrogen-bond acceptors (Lipinski definition) is 4. The number of aromatic nitrogens is 3. The Labute approximate surface area is 129 Å². The smallest absolute Gasteiger partial charge is 0.227 e. The third-order valence-electron chi connectivity index (χ3n) is 3.88. The lowest BCUT2D eigenvalue weighted by Crippen LogP contribution is -2.37. The summed E-state index contributed by atoms with van der Waals surface area (Å²) in [6.07, 6.45) is 5.85. The van der Waals surface area contributed by atoms with E-state index in [0.717, 1.165) is 43.9 Å². The average Bonchev–Trinajstić information content (AvgIpc) is 2.97. The summed E-state index contributed by atoms with van der Waals surface area (Å²) >= 11 is 6.27. The standard InChI is InChI=1S/C15H19ClN4O/c1-2-11-4-3-7-20(11)14-13(16)10-17-15(18-14)19-8-5-12(21)6-9-19/h3-4,7,10,12,21H,2,5-6,8-9H2,1H3. The second-order valence-corrected chi connectivity index (χ2v) is 5.69. The summed E-state index contributed by atoms with van der Waals surface area (Å²) in [7, 11) is 0. The molecule has 0 spiro atoms. The third-order valence-corrected chi connectivity index (χ3v) is 4.15. The molecule has 0 bridgehead atoms. The second-order valence-electron chi connectivity index (χ2n) is 5.28. The number of halogens is 1. The largest absolute Gasteiger partial charge is 0.393 e. The van der Waals surface area contributed by atoms with Crippen LogP contribution in [0.15, 0.2) is 24.5 Å². The van der Waals surface area contributed by atoms with Gasteiger partial charge >= 0.3 is 0 Å². The van der Waals surface area contributed by atoms with Gasteiger partial charge in [0, 0.05) is 25.0 Å². The maximum Gasteiger partial charge on any atom is 0.227 e. The highest BCUT2D eigenvalue weighted by Crippen LogP contribution is 2.24. The number of rotatable bonds is 3. The van der Waals surface area contributed by atoms with Crippen LogP contribution in [0.4, 0.5) is 5.95 Å². The molecule has 0 atom stereocenters. The minimum atomic E-state index is -0.204. The molecule has 0 unspecified atom stereocenters. The van der Waals surface area contributed by atoms with Crippen molar-refractivity contribution in [1.29, 1.82) is 0 Å². The quantitative estimate of drug-likeness (QED) is 0.946. The Morgan fingerprint density at radius 3 is 2.86 bits per heavy atom. The fraction of sp³-hybridized carbons (Fsp3) is 0.467. The number of aliphatic hydroxyl groups is 1. The van der Waals surface area contributed by atoms with Crippen LogP contribution < -0.4 is 4.90 Å². The zero-order valence-electron chi connectivity index (χ0n) is 12.0. The SMILES string of the molecule is CCc1cccn1-c1nc(N2CCC(O)CC2)ncc1Cl. The molecule has 2 aromatic heterocycles. The van der Waals surface area contributed by atoms with E-state index in [-0.39, 0.29) is 6.10 Å². The van der Waals surface area contributed by atoms with Crippen molar-refractivity contribution in [2.45, 2.75) is 32.3 Å². The Morgan fingerprint density at radius 2 is 2.14 bits per heavy atom. The van der Waals surface area contributed by atoms with Crippen LogP contribution in [0.2, 0.25) is 5.02 Å². The molecule has 0 amide bonds. The molecule has 6 heteroatoms. The molecule has 0 aromatic carbocycles. The first-order valence-electron chi connectivity index (χ1n) is 7.31. The first-order chi connectivity index (χ1) is 10.2. The predicted octanol–water partition coefficient (Wildman–Crippen LogP) is 2.44. The van der Waals surface area contributed by atoms with Gasteiger partial charge in [0.2, 0.25) is 5.95 Å². The Morgan fingerprint density at radius 1 is 1.38 bits per heavy atom. The van der Waals surface area contributed by atoms with Crippen LogP contribution in [0.5, 0.6) is 0 Å². The number of piperidine rings is 1. The fourth-order valence-electron chi connectivity index (χ4n) is 2.65. The fourth-order valence-corrected chi connectivity index (χ4v) is 2.83. The van der Waals surface area contributed by atoms with E-state index in [4.69, 9.17) is 11.6 Å². The Hall–Kier alpha value is -1.59. The van der Waals surface area contributed by atoms with Gasteiger partial charge in [0.15, 0.2) is 5.82 Å². The van der Waals surface area contributed by atoms with Crippen molar-refractivity contribution in [3.8, 4) is 5.82 Å². The van der Waals surface area contributed by atoms with Crippen molar-refractivity contribution in [1.82, 2.24) is 14.5 Å². The summed E-state index contributed by atoms with van der Waals surface area (Å²) in [5, 5.41) is 10.1. The van der Waals surface area contributed by atoms with E-state index < -0.39 is 0 Å². The molecule has 1 saturated heterocycles. The topological polar surface area (TPSA) is 54.2 Å². The first-order valence-corrected chi connectivity index (χ1v) is 7.69. The molecule has 1 aliphatic rings. The van der Waals surface area contributed by atoms with Gasteiger partial charge < -0.3 is 14.6 Å². The van der Waals surface area contributed by atoms with Crippen LogP contribution in [0, 0.1) is 0 Å². The summed E-state index contributed by atoms with van der Waals surface area (Å²) in [5.41, 5.74) is 1.16. The van der Waals surface area contributed by atoms with Crippen LogP contribution in [0.1, 0.15) is 25.5 Å². The first kappa shape index (κ1) is 14.4. The molecule has 1 N–H and O–H groups in total. The normalized spacial score (nSPS) is 16.4. The second kappa shape index (κ2) is 6.03. The van der Waals surface area contributed by atoms with E-state index in [0.29, 0.717) is 11.0 Å². The summed E-state index contributed by atoms with van der Waals surface area (Å²) in [4.78, 5) is 11.1. The van der Waals surface area contributed by atoms with Crippen LogP contribution in [-0.2, 0) is 6.42 Å². The van der Waals surface area contributed by atoms with Gasteiger partial charge in [0.1, 0.15) is 5.02 Å². The van der Waals surface area contributed by atoms with E-state index in [1.807, 2.05) is 16.8 Å². The van der Waals surface area contributed by atoms with Crippen LogP contribution >= 0.6 is 11.6 Å². The molecular weight excluding hydrogens is 288 g/mol. The molecule has 21 heavy (non-hydrogen) atoms. The number of hydrogen-bond donors (Lipinski definition) is 1. The van der Waals surface area contributed by atoms with Gasteiger partial charge in [-0.3, -0.25) is 0 Å². The predicted molar refractivity (Wildman–Crippen MR) is 83.2 cm³/mol. The molecule has 112 valence electrons. The highest BCUT2D eigenvalue weighted by molar-refractivity contribution is 6.32. The van der Waals surface area contributed by atoms with Crippen molar-refractivity contribution >= 4 is 17.5 Å². The maximum atomic E-state index is 9.60. The molecule has 0 saturated carbocycles. The minimum Gasteiger partial charge on any atom is -0.393 e. The van der Waals surface area contributed by atoms with Gasteiger partial charge in [-0.25, -0.2) is 4.98 Å². The molecule has 2 aromatic rings. The van der Waals surface area contributed by atoms with Crippen LogP contribution in [0.3, 0.4) is 0 Å². The number of aliphatic hydroxyl groups excluding tert-OH is 1. The van der Waals surface area contributed by atoms with E-state index in [9.17, 15) is 5.11 Å². The van der Waals surface area contributed by atoms with Crippen LogP contribution in [-0.4, -0.2) is 38.8 Å². The molecule has 0 radical (unpaired) electrons. The summed E-state index contributed by atoms with van der Waals surface area (Å²) in [6.45, 7) is 3.65. The Bertz CT molecular complexity index is 620. The molecular formula is C15H19ClN4O. The number of aryl methyl sites for hydroxylation is 1. The summed E-state index contributed by atoms with van der Waals surface area (Å²) in [5.74, 6) is 1.40. The van der Waals surface area contributed by atoms with Gasteiger partial charge in [-0.1, -0.05) is 18.5 Å². The van der Waals surface area contributed by atoms with Crippen LogP contribution in [0.25, 0.3) is 5.82 Å². The number of nitrogens with zero attached hydrogens (tertiary/aromatic N) is 4. The molecule has 5 nitrogen and oxygen atoms in total. The molecule has 1 aliphatic heterocycles. The third kappa shape index (κ3) is 2.89. The van der Waals surface area contributed by atoms with Gasteiger partial charge in [0.05, 0.1) is 12.3 Å². The molecule has 3 rings (SSSR count). The lowest BCUT2D eigenvalue weighted by molar-refractivity contribution is 0.145. The summed E-state index contributed by atoms with van der Waals surface area (Å²) < 4.78 is 2.01. The van der Waals surface area contributed by atoms with Gasteiger partial charge in [-0.15, -0.1) is 0 Å². The van der Waals surface area contributed by atoms with Crippen molar-refractivity contribution < 1.29 is 5.11 Å². The highest BCUT2D eigenvalue weighted by atomic mass is 35.5. The van der Waals surface area contributed by atoms with Gasteiger partial charge in [-0.05, 0) is 31.4 Å². The van der Waals surface area contributed by atoms with E-state index >= 15 is 0 Å². The highest BCUT2D eigenvalue weighted by Gasteiger charge is 2.20. The van der Waals surface area contributed by atoms with Gasteiger partial charge in [-0.2, -0.15) is 4.98 Å². The molecule has 1 fully saturated rings. The lowest BCUT2D eigenvalue weighted by atomic mass is 10.1. The van der Waals surface area contributed by atoms with Gasteiger partial charge in [0.25, 0.3) is 0 Å².